The summed E-state index contributed by atoms with van der Waals surface area (Å²) in [6, 6.07) is 6.05. The van der Waals surface area contributed by atoms with Crippen LogP contribution in [-0.2, 0) is 0 Å². The predicted octanol–water partition coefficient (Wildman–Crippen LogP) is 2.63. The number of rotatable bonds is 5. The third-order valence-corrected chi connectivity index (χ3v) is 4.59. The molecular formula is C17H27N3O. The van der Waals surface area contributed by atoms with Gasteiger partial charge in [-0.25, -0.2) is 0 Å². The van der Waals surface area contributed by atoms with Gasteiger partial charge in [-0.05, 0) is 69.5 Å². The van der Waals surface area contributed by atoms with Crippen molar-refractivity contribution in [3.8, 4) is 0 Å². The Hall–Kier alpha value is -1.55. The van der Waals surface area contributed by atoms with Crippen molar-refractivity contribution < 1.29 is 4.79 Å². The maximum Gasteiger partial charge on any atom is 0.248 e. The minimum absolute atomic E-state index is 0.372. The molecule has 2 unspecified atom stereocenters. The molecule has 2 atom stereocenters. The van der Waals surface area contributed by atoms with Gasteiger partial charge >= 0.3 is 0 Å². The summed E-state index contributed by atoms with van der Waals surface area (Å²) >= 11 is 0. The molecule has 1 amide bonds. The number of nitrogens with zero attached hydrogens (tertiary/aromatic N) is 1. The number of hydrogen-bond donors (Lipinski definition) is 2. The number of anilines is 1. The van der Waals surface area contributed by atoms with Crippen molar-refractivity contribution in [2.24, 2.45) is 11.7 Å². The average molecular weight is 289 g/mol. The van der Waals surface area contributed by atoms with E-state index in [0.717, 1.165) is 17.8 Å². The zero-order valence-electron chi connectivity index (χ0n) is 13.4. The Labute approximate surface area is 127 Å². The number of primary amides is 1. The number of likely N-dealkylation sites (tertiary alicyclic amines) is 1. The monoisotopic (exact) mass is 289 g/mol. The minimum Gasteiger partial charge on any atom is -0.382 e. The molecule has 4 heteroatoms. The number of nitrogens with two attached hydrogens (primary N) is 1. The SMILES string of the molecule is CCN1CCCC(C(C)Nc2ccc(C(N)=O)cc2C)C1. The second kappa shape index (κ2) is 6.94. The van der Waals surface area contributed by atoms with Crippen molar-refractivity contribution in [2.45, 2.75) is 39.7 Å². The summed E-state index contributed by atoms with van der Waals surface area (Å²) in [5, 5.41) is 3.61. The van der Waals surface area contributed by atoms with E-state index in [4.69, 9.17) is 5.73 Å². The zero-order valence-corrected chi connectivity index (χ0v) is 13.4. The largest absolute Gasteiger partial charge is 0.382 e. The Morgan fingerprint density at radius 3 is 2.90 bits per heavy atom. The first kappa shape index (κ1) is 15.8. The summed E-state index contributed by atoms with van der Waals surface area (Å²) in [5.41, 5.74) is 8.06. The second-order valence-electron chi connectivity index (χ2n) is 6.12. The number of hydrogen-bond acceptors (Lipinski definition) is 3. The molecule has 0 saturated carbocycles. The van der Waals surface area contributed by atoms with Gasteiger partial charge in [-0.2, -0.15) is 0 Å². The number of benzene rings is 1. The van der Waals surface area contributed by atoms with Crippen LogP contribution in [0.4, 0.5) is 5.69 Å². The van der Waals surface area contributed by atoms with E-state index in [1.165, 1.54) is 25.9 Å². The van der Waals surface area contributed by atoms with E-state index in [0.29, 0.717) is 17.5 Å². The number of aryl methyl sites for hydroxylation is 1. The van der Waals surface area contributed by atoms with Gasteiger partial charge in [0.15, 0.2) is 0 Å². The van der Waals surface area contributed by atoms with Crippen molar-refractivity contribution >= 4 is 11.6 Å². The standard InChI is InChI=1S/C17H27N3O/c1-4-20-9-5-6-15(11-20)13(3)19-16-8-7-14(17(18)21)10-12(16)2/h7-8,10,13,15,19H,4-6,9,11H2,1-3H3,(H2,18,21). The highest BCUT2D eigenvalue weighted by Crippen LogP contribution is 2.24. The molecule has 2 rings (SSSR count). The average Bonchev–Trinajstić information content (AvgIpc) is 2.49. The normalized spacial score (nSPS) is 21.0. The Kier molecular flexibility index (Phi) is 5.23. The predicted molar refractivity (Wildman–Crippen MR) is 87.6 cm³/mol. The Morgan fingerprint density at radius 1 is 1.52 bits per heavy atom. The van der Waals surface area contributed by atoms with Crippen LogP contribution in [0, 0.1) is 12.8 Å². The van der Waals surface area contributed by atoms with Crippen LogP contribution in [0.1, 0.15) is 42.6 Å². The molecule has 0 aliphatic carbocycles. The van der Waals surface area contributed by atoms with E-state index in [1.54, 1.807) is 6.07 Å². The second-order valence-corrected chi connectivity index (χ2v) is 6.12. The van der Waals surface area contributed by atoms with Crippen LogP contribution < -0.4 is 11.1 Å². The third-order valence-electron chi connectivity index (χ3n) is 4.59. The van der Waals surface area contributed by atoms with E-state index in [9.17, 15) is 4.79 Å². The Bertz CT molecular complexity index is 501. The van der Waals surface area contributed by atoms with Gasteiger partial charge in [0.1, 0.15) is 0 Å². The van der Waals surface area contributed by atoms with Gasteiger partial charge in [0, 0.05) is 23.8 Å². The highest BCUT2D eigenvalue weighted by molar-refractivity contribution is 5.93. The van der Waals surface area contributed by atoms with Gasteiger partial charge in [0.25, 0.3) is 0 Å². The lowest BCUT2D eigenvalue weighted by Crippen LogP contribution is -2.41. The van der Waals surface area contributed by atoms with Crippen LogP contribution in [-0.4, -0.2) is 36.5 Å². The quantitative estimate of drug-likeness (QED) is 0.876. The van der Waals surface area contributed by atoms with E-state index >= 15 is 0 Å². The van der Waals surface area contributed by atoms with E-state index in [1.807, 2.05) is 19.1 Å². The highest BCUT2D eigenvalue weighted by Gasteiger charge is 2.24. The van der Waals surface area contributed by atoms with Crippen molar-refractivity contribution in [2.75, 3.05) is 25.0 Å². The van der Waals surface area contributed by atoms with Crippen molar-refractivity contribution in [1.29, 1.82) is 0 Å². The van der Waals surface area contributed by atoms with Crippen LogP contribution in [0.5, 0.6) is 0 Å². The number of amides is 1. The van der Waals surface area contributed by atoms with Crippen LogP contribution >= 0.6 is 0 Å². The topological polar surface area (TPSA) is 58.4 Å². The van der Waals surface area contributed by atoms with Gasteiger partial charge < -0.3 is 16.0 Å². The summed E-state index contributed by atoms with van der Waals surface area (Å²) in [7, 11) is 0. The number of nitrogens with one attached hydrogen (secondary N) is 1. The molecular weight excluding hydrogens is 262 g/mol. The van der Waals surface area contributed by atoms with E-state index in [2.05, 4.69) is 24.1 Å². The molecule has 1 saturated heterocycles. The van der Waals surface area contributed by atoms with Crippen LogP contribution in [0.25, 0.3) is 0 Å². The van der Waals surface area contributed by atoms with Gasteiger partial charge in [-0.3, -0.25) is 4.79 Å². The molecule has 1 aliphatic heterocycles. The molecule has 1 aromatic rings. The maximum atomic E-state index is 11.2. The first-order valence-electron chi connectivity index (χ1n) is 7.90. The molecule has 1 fully saturated rings. The first-order valence-corrected chi connectivity index (χ1v) is 7.90. The Morgan fingerprint density at radius 2 is 2.29 bits per heavy atom. The molecule has 0 radical (unpaired) electrons. The molecule has 0 aromatic heterocycles. The van der Waals surface area contributed by atoms with Gasteiger partial charge in [-0.15, -0.1) is 0 Å². The smallest absolute Gasteiger partial charge is 0.248 e. The first-order chi connectivity index (χ1) is 10.0. The molecule has 1 heterocycles. The molecule has 0 spiro atoms. The zero-order chi connectivity index (χ0) is 15.4. The number of carbonyl (C=O) groups is 1. The van der Waals surface area contributed by atoms with Crippen molar-refractivity contribution in [3.05, 3.63) is 29.3 Å². The Balaban J connectivity index is 2.02. The lowest BCUT2D eigenvalue weighted by Gasteiger charge is -2.36. The summed E-state index contributed by atoms with van der Waals surface area (Å²) < 4.78 is 0. The van der Waals surface area contributed by atoms with E-state index in [-0.39, 0.29) is 5.91 Å². The third kappa shape index (κ3) is 3.97. The fourth-order valence-corrected chi connectivity index (χ4v) is 3.13. The lowest BCUT2D eigenvalue weighted by molar-refractivity contribution is 0.1000. The molecule has 21 heavy (non-hydrogen) atoms. The number of carbonyl (C=O) groups excluding carboxylic acids is 1. The summed E-state index contributed by atoms with van der Waals surface area (Å²) in [4.78, 5) is 13.7. The summed E-state index contributed by atoms with van der Waals surface area (Å²) in [5.74, 6) is 0.303. The molecule has 1 aromatic carbocycles. The van der Waals surface area contributed by atoms with Crippen LogP contribution in [0.3, 0.4) is 0 Å². The van der Waals surface area contributed by atoms with Crippen LogP contribution in [0.2, 0.25) is 0 Å². The molecule has 1 aliphatic rings. The molecule has 0 bridgehead atoms. The maximum absolute atomic E-state index is 11.2. The molecule has 116 valence electrons. The van der Waals surface area contributed by atoms with Gasteiger partial charge in [0.2, 0.25) is 5.91 Å². The highest BCUT2D eigenvalue weighted by atomic mass is 16.1. The van der Waals surface area contributed by atoms with E-state index < -0.39 is 0 Å². The fraction of sp³-hybridized carbons (Fsp3) is 0.588. The fourth-order valence-electron chi connectivity index (χ4n) is 3.13. The van der Waals surface area contributed by atoms with Crippen molar-refractivity contribution in [1.82, 2.24) is 4.90 Å². The summed E-state index contributed by atoms with van der Waals surface area (Å²) in [6.45, 7) is 10.0. The minimum atomic E-state index is -0.372. The number of piperidine rings is 1. The lowest BCUT2D eigenvalue weighted by atomic mass is 9.91. The van der Waals surface area contributed by atoms with Crippen molar-refractivity contribution in [3.63, 3.8) is 0 Å². The molecule has 3 N–H and O–H groups in total. The van der Waals surface area contributed by atoms with Gasteiger partial charge in [-0.1, -0.05) is 6.92 Å². The van der Waals surface area contributed by atoms with Gasteiger partial charge in [0.05, 0.1) is 0 Å². The van der Waals surface area contributed by atoms with Crippen LogP contribution in [0.15, 0.2) is 18.2 Å². The summed E-state index contributed by atoms with van der Waals surface area (Å²) in [6.07, 6.45) is 2.56. The molecule has 4 nitrogen and oxygen atoms in total.